The SMILES string of the molecule is CC(=O)c1nn(CC(=O)N2C[C@H]3C[C@H]3[C@H]2C(=O)Nc2nc(Br)ccc2C)c2ccc(-c3cnc(C=O)nc3)cc12. The van der Waals surface area contributed by atoms with Crippen LogP contribution in [0, 0.1) is 18.8 Å². The number of nitrogens with zero attached hydrogens (tertiary/aromatic N) is 6. The maximum Gasteiger partial charge on any atom is 0.248 e. The first-order valence-electron chi connectivity index (χ1n) is 12.8. The van der Waals surface area contributed by atoms with Crippen LogP contribution in [0.1, 0.15) is 40.0 Å². The predicted molar refractivity (Wildman–Crippen MR) is 149 cm³/mol. The number of halogens is 1. The molecule has 202 valence electrons. The highest BCUT2D eigenvalue weighted by Crippen LogP contribution is 2.50. The first kappa shape index (κ1) is 25.9. The lowest BCUT2D eigenvalue weighted by atomic mass is 10.0. The first-order valence-corrected chi connectivity index (χ1v) is 13.6. The fourth-order valence-electron chi connectivity index (χ4n) is 5.39. The van der Waals surface area contributed by atoms with E-state index >= 15 is 0 Å². The number of nitrogens with one attached hydrogen (secondary N) is 1. The zero-order valence-corrected chi connectivity index (χ0v) is 23.3. The molecule has 2 aliphatic rings. The van der Waals surface area contributed by atoms with Crippen LogP contribution >= 0.6 is 15.9 Å². The minimum absolute atomic E-state index is 0.0788. The second-order valence-corrected chi connectivity index (χ2v) is 11.0. The van der Waals surface area contributed by atoms with Crippen molar-refractivity contribution in [1.82, 2.24) is 29.6 Å². The van der Waals surface area contributed by atoms with Gasteiger partial charge in [-0.2, -0.15) is 5.10 Å². The Morgan fingerprint density at radius 3 is 2.62 bits per heavy atom. The number of amides is 2. The van der Waals surface area contributed by atoms with Crippen LogP contribution in [0.2, 0.25) is 0 Å². The van der Waals surface area contributed by atoms with Crippen molar-refractivity contribution < 1.29 is 19.2 Å². The molecular weight excluding hydrogens is 578 g/mol. The Balaban J connectivity index is 1.26. The van der Waals surface area contributed by atoms with Crippen LogP contribution in [0.4, 0.5) is 5.82 Å². The summed E-state index contributed by atoms with van der Waals surface area (Å²) in [5.74, 6) is 0.222. The molecule has 2 amide bonds. The smallest absolute Gasteiger partial charge is 0.248 e. The molecule has 0 spiro atoms. The van der Waals surface area contributed by atoms with Crippen molar-refractivity contribution in [3.8, 4) is 11.1 Å². The Bertz CT molecular complexity index is 1700. The molecule has 11 nitrogen and oxygen atoms in total. The molecule has 1 N–H and O–H groups in total. The fraction of sp³-hybridized carbons (Fsp3) is 0.286. The van der Waals surface area contributed by atoms with Gasteiger partial charge in [-0.15, -0.1) is 0 Å². The number of hydrogen-bond acceptors (Lipinski definition) is 8. The summed E-state index contributed by atoms with van der Waals surface area (Å²) in [5, 5.41) is 7.97. The van der Waals surface area contributed by atoms with E-state index in [1.165, 1.54) is 24.0 Å². The van der Waals surface area contributed by atoms with Crippen LogP contribution in [0.15, 0.2) is 47.3 Å². The highest BCUT2D eigenvalue weighted by atomic mass is 79.9. The molecular formula is C28H24BrN7O4. The van der Waals surface area contributed by atoms with Gasteiger partial charge in [-0.1, -0.05) is 12.1 Å². The average molecular weight is 602 g/mol. The second-order valence-electron chi connectivity index (χ2n) is 10.2. The van der Waals surface area contributed by atoms with Crippen molar-refractivity contribution >= 4 is 56.5 Å². The zero-order valence-electron chi connectivity index (χ0n) is 21.7. The molecule has 0 bridgehead atoms. The third-order valence-electron chi connectivity index (χ3n) is 7.52. The summed E-state index contributed by atoms with van der Waals surface area (Å²) in [7, 11) is 0. The van der Waals surface area contributed by atoms with Gasteiger partial charge in [-0.3, -0.25) is 23.9 Å². The van der Waals surface area contributed by atoms with E-state index in [1.54, 1.807) is 23.1 Å². The van der Waals surface area contributed by atoms with Gasteiger partial charge in [0.15, 0.2) is 17.9 Å². The molecule has 4 heterocycles. The van der Waals surface area contributed by atoms with Crippen molar-refractivity contribution in [2.75, 3.05) is 11.9 Å². The third-order valence-corrected chi connectivity index (χ3v) is 7.96. The second kappa shape index (κ2) is 10.0. The number of aryl methyl sites for hydroxylation is 1. The molecule has 6 rings (SSSR count). The normalized spacial score (nSPS) is 19.4. The molecule has 3 atom stereocenters. The number of carbonyl (C=O) groups excluding carboxylic acids is 4. The van der Waals surface area contributed by atoms with E-state index in [2.05, 4.69) is 41.3 Å². The Morgan fingerprint density at radius 1 is 1.12 bits per heavy atom. The minimum Gasteiger partial charge on any atom is -0.328 e. The fourth-order valence-corrected chi connectivity index (χ4v) is 5.70. The molecule has 4 aromatic rings. The molecule has 0 unspecified atom stereocenters. The number of piperidine rings is 1. The lowest BCUT2D eigenvalue weighted by Gasteiger charge is -2.27. The van der Waals surface area contributed by atoms with Crippen LogP contribution in [-0.2, 0) is 16.1 Å². The van der Waals surface area contributed by atoms with Crippen LogP contribution in [0.5, 0.6) is 0 Å². The van der Waals surface area contributed by atoms with Crippen molar-refractivity contribution in [3.63, 3.8) is 0 Å². The summed E-state index contributed by atoms with van der Waals surface area (Å²) in [5.41, 5.74) is 3.10. The molecule has 1 saturated heterocycles. The van der Waals surface area contributed by atoms with Crippen LogP contribution in [0.25, 0.3) is 22.0 Å². The number of rotatable bonds is 7. The largest absolute Gasteiger partial charge is 0.328 e. The number of anilines is 1. The Morgan fingerprint density at radius 2 is 1.90 bits per heavy atom. The van der Waals surface area contributed by atoms with Crippen LogP contribution in [0.3, 0.4) is 0 Å². The van der Waals surface area contributed by atoms with E-state index in [1.807, 2.05) is 19.1 Å². The standard InChI is InChI=1S/C28H24BrN7O4/c1-14-3-6-22(29)32-27(14)33-28(40)26-19-8-17(19)11-35(26)24(39)12-36-21-5-4-16(7-20(21)25(34-36)15(2)38)18-9-30-23(13-37)31-10-18/h3-7,9-10,13,17,19,26H,8,11-12H2,1-2H3,(H,32,33,40)/t17-,19-,26+/m1/s1. The van der Waals surface area contributed by atoms with Crippen molar-refractivity contribution in [2.24, 2.45) is 11.8 Å². The Kier molecular flexibility index (Phi) is 6.49. The molecule has 1 saturated carbocycles. The first-order chi connectivity index (χ1) is 19.2. The zero-order chi connectivity index (χ0) is 28.1. The van der Waals surface area contributed by atoms with Gasteiger partial charge < -0.3 is 10.2 Å². The van der Waals surface area contributed by atoms with E-state index in [9.17, 15) is 19.2 Å². The number of Topliss-reactive ketones (excluding diaryl/α,β-unsaturated/α-hetero) is 1. The van der Waals surface area contributed by atoms with Gasteiger partial charge in [0.2, 0.25) is 11.8 Å². The van der Waals surface area contributed by atoms with Gasteiger partial charge in [0, 0.05) is 36.8 Å². The molecule has 1 aromatic carbocycles. The van der Waals surface area contributed by atoms with Crippen molar-refractivity contribution in [2.45, 2.75) is 32.9 Å². The summed E-state index contributed by atoms with van der Waals surface area (Å²) >= 11 is 3.34. The number of benzene rings is 1. The van der Waals surface area contributed by atoms with Crippen LogP contribution < -0.4 is 5.32 Å². The molecule has 1 aliphatic heterocycles. The van der Waals surface area contributed by atoms with E-state index in [0.29, 0.717) is 45.6 Å². The number of aromatic nitrogens is 5. The van der Waals surface area contributed by atoms with Gasteiger partial charge in [0.1, 0.15) is 28.7 Å². The van der Waals surface area contributed by atoms with Gasteiger partial charge in [-0.25, -0.2) is 15.0 Å². The number of carbonyl (C=O) groups is 4. The molecule has 2 fully saturated rings. The molecule has 1 aliphatic carbocycles. The highest BCUT2D eigenvalue weighted by Gasteiger charge is 2.56. The van der Waals surface area contributed by atoms with Crippen molar-refractivity contribution in [3.05, 3.63) is 64.4 Å². The summed E-state index contributed by atoms with van der Waals surface area (Å²) in [4.78, 5) is 64.3. The minimum atomic E-state index is -0.590. The summed E-state index contributed by atoms with van der Waals surface area (Å²) < 4.78 is 2.13. The van der Waals surface area contributed by atoms with Gasteiger partial charge in [0.05, 0.1) is 5.52 Å². The monoisotopic (exact) mass is 601 g/mol. The number of pyridine rings is 1. The van der Waals surface area contributed by atoms with E-state index in [0.717, 1.165) is 17.5 Å². The van der Waals surface area contributed by atoms with E-state index in [4.69, 9.17) is 0 Å². The molecule has 0 radical (unpaired) electrons. The van der Waals surface area contributed by atoms with Gasteiger partial charge in [-0.05, 0) is 70.4 Å². The summed E-state index contributed by atoms with van der Waals surface area (Å²) in [6, 6.07) is 8.48. The van der Waals surface area contributed by atoms with Crippen molar-refractivity contribution in [1.29, 1.82) is 0 Å². The molecule has 40 heavy (non-hydrogen) atoms. The summed E-state index contributed by atoms with van der Waals surface area (Å²) in [6.45, 7) is 3.68. The maximum atomic E-state index is 13.6. The lowest BCUT2D eigenvalue weighted by Crippen LogP contribution is -2.47. The molecule has 12 heteroatoms. The number of hydrogen-bond donors (Lipinski definition) is 1. The Hall–Kier alpha value is -4.32. The number of aldehydes is 1. The quantitative estimate of drug-likeness (QED) is 0.193. The average Bonchev–Trinajstić information content (AvgIpc) is 3.45. The molecule has 3 aromatic heterocycles. The lowest BCUT2D eigenvalue weighted by molar-refractivity contribution is -0.138. The summed E-state index contributed by atoms with van der Waals surface area (Å²) in [6.07, 6.45) is 4.55. The maximum absolute atomic E-state index is 13.6. The van der Waals surface area contributed by atoms with Gasteiger partial charge >= 0.3 is 0 Å². The third kappa shape index (κ3) is 4.68. The van der Waals surface area contributed by atoms with E-state index < -0.39 is 6.04 Å². The number of ketones is 1. The van der Waals surface area contributed by atoms with Gasteiger partial charge in [0.25, 0.3) is 0 Å². The predicted octanol–water partition coefficient (Wildman–Crippen LogP) is 3.46. The van der Waals surface area contributed by atoms with E-state index in [-0.39, 0.29) is 41.6 Å². The van der Waals surface area contributed by atoms with Crippen LogP contribution in [-0.4, -0.2) is 66.1 Å². The number of fused-ring (bicyclic) bond motifs is 2. The Labute approximate surface area is 237 Å². The topological polar surface area (TPSA) is 140 Å². The number of likely N-dealkylation sites (tertiary alicyclic amines) is 1. The highest BCUT2D eigenvalue weighted by molar-refractivity contribution is 9.10.